The van der Waals surface area contributed by atoms with Crippen molar-refractivity contribution in [3.8, 4) is 0 Å². The molecule has 7 heteroatoms. The Morgan fingerprint density at radius 1 is 1.25 bits per heavy atom. The number of anilines is 1. The highest BCUT2D eigenvalue weighted by Gasteiger charge is 2.29. The van der Waals surface area contributed by atoms with E-state index in [-0.39, 0.29) is 11.4 Å². The SMILES string of the molecule is Cc1ccc([N+](=O)[O-])c(NS(=O)(=O)C2CCCCC2)c1. The van der Waals surface area contributed by atoms with Gasteiger partial charge >= 0.3 is 0 Å². The highest BCUT2D eigenvalue weighted by molar-refractivity contribution is 7.93. The van der Waals surface area contributed by atoms with Gasteiger partial charge in [0.15, 0.2) is 0 Å². The van der Waals surface area contributed by atoms with Gasteiger partial charge in [-0.25, -0.2) is 8.42 Å². The van der Waals surface area contributed by atoms with E-state index in [0.29, 0.717) is 12.8 Å². The highest BCUT2D eigenvalue weighted by atomic mass is 32.2. The summed E-state index contributed by atoms with van der Waals surface area (Å²) in [6.07, 6.45) is 4.07. The number of nitro benzene ring substituents is 1. The topological polar surface area (TPSA) is 89.3 Å². The molecule has 0 unspecified atom stereocenters. The van der Waals surface area contributed by atoms with E-state index in [9.17, 15) is 18.5 Å². The van der Waals surface area contributed by atoms with Gasteiger partial charge < -0.3 is 0 Å². The maximum absolute atomic E-state index is 12.3. The summed E-state index contributed by atoms with van der Waals surface area (Å²) in [7, 11) is -3.56. The first-order valence-corrected chi connectivity index (χ1v) is 8.21. The summed E-state index contributed by atoms with van der Waals surface area (Å²) in [5, 5.41) is 10.5. The van der Waals surface area contributed by atoms with E-state index < -0.39 is 20.2 Å². The van der Waals surface area contributed by atoms with E-state index in [1.54, 1.807) is 13.0 Å². The number of benzene rings is 1. The van der Waals surface area contributed by atoms with Crippen LogP contribution in [0.4, 0.5) is 11.4 Å². The fraction of sp³-hybridized carbons (Fsp3) is 0.538. The lowest BCUT2D eigenvalue weighted by molar-refractivity contribution is -0.383. The molecule has 0 spiro atoms. The minimum atomic E-state index is -3.56. The van der Waals surface area contributed by atoms with Crippen LogP contribution in [0.5, 0.6) is 0 Å². The van der Waals surface area contributed by atoms with Crippen molar-refractivity contribution in [2.45, 2.75) is 44.3 Å². The summed E-state index contributed by atoms with van der Waals surface area (Å²) in [4.78, 5) is 10.4. The van der Waals surface area contributed by atoms with Crippen molar-refractivity contribution in [2.24, 2.45) is 0 Å². The van der Waals surface area contributed by atoms with Crippen LogP contribution >= 0.6 is 0 Å². The van der Waals surface area contributed by atoms with Crippen LogP contribution in [0.15, 0.2) is 18.2 Å². The number of nitrogens with zero attached hydrogens (tertiary/aromatic N) is 1. The molecular formula is C13H18N2O4S. The molecule has 0 saturated heterocycles. The molecule has 0 radical (unpaired) electrons. The molecule has 1 N–H and O–H groups in total. The van der Waals surface area contributed by atoms with Crippen LogP contribution in [0, 0.1) is 17.0 Å². The van der Waals surface area contributed by atoms with Crippen LogP contribution in [0.2, 0.25) is 0 Å². The average molecular weight is 298 g/mol. The first-order chi connectivity index (χ1) is 9.40. The van der Waals surface area contributed by atoms with Gasteiger partial charge in [0.05, 0.1) is 10.2 Å². The number of rotatable bonds is 4. The molecule has 0 amide bonds. The molecule has 1 fully saturated rings. The molecule has 1 saturated carbocycles. The fourth-order valence-electron chi connectivity index (χ4n) is 2.50. The molecular weight excluding hydrogens is 280 g/mol. The zero-order valence-electron chi connectivity index (χ0n) is 11.3. The highest BCUT2D eigenvalue weighted by Crippen LogP contribution is 2.30. The number of hydrogen-bond donors (Lipinski definition) is 1. The molecule has 1 aromatic carbocycles. The lowest BCUT2D eigenvalue weighted by atomic mass is 10.0. The summed E-state index contributed by atoms with van der Waals surface area (Å²) in [6.45, 7) is 1.77. The van der Waals surface area contributed by atoms with Gasteiger partial charge in [0, 0.05) is 6.07 Å². The predicted octanol–water partition coefficient (Wildman–Crippen LogP) is 2.98. The molecule has 2 rings (SSSR count). The maximum atomic E-state index is 12.3. The number of sulfonamides is 1. The minimum absolute atomic E-state index is 0.0561. The second-order valence-corrected chi connectivity index (χ2v) is 7.15. The lowest BCUT2D eigenvalue weighted by Gasteiger charge is -2.22. The third kappa shape index (κ3) is 3.27. The van der Waals surface area contributed by atoms with Crippen LogP contribution in [-0.2, 0) is 10.0 Å². The first-order valence-electron chi connectivity index (χ1n) is 6.67. The minimum Gasteiger partial charge on any atom is -0.277 e. The molecule has 1 aliphatic carbocycles. The summed E-state index contributed by atoms with van der Waals surface area (Å²) in [5.41, 5.74) is 0.618. The molecule has 110 valence electrons. The van der Waals surface area contributed by atoms with E-state index in [0.717, 1.165) is 24.8 Å². The molecule has 20 heavy (non-hydrogen) atoms. The Balaban J connectivity index is 2.28. The van der Waals surface area contributed by atoms with Gasteiger partial charge in [-0.2, -0.15) is 0 Å². The van der Waals surface area contributed by atoms with Crippen LogP contribution in [0.1, 0.15) is 37.7 Å². The molecule has 0 atom stereocenters. The first kappa shape index (κ1) is 14.8. The molecule has 0 aromatic heterocycles. The van der Waals surface area contributed by atoms with Crippen LogP contribution in [0.25, 0.3) is 0 Å². The summed E-state index contributed by atoms with van der Waals surface area (Å²) in [6, 6.07) is 4.42. The van der Waals surface area contributed by atoms with Crippen molar-refractivity contribution in [3.05, 3.63) is 33.9 Å². The number of hydrogen-bond acceptors (Lipinski definition) is 4. The Labute approximate surface area is 118 Å². The van der Waals surface area contributed by atoms with E-state index in [4.69, 9.17) is 0 Å². The van der Waals surface area contributed by atoms with Crippen molar-refractivity contribution in [2.75, 3.05) is 4.72 Å². The third-order valence-corrected chi connectivity index (χ3v) is 5.45. The van der Waals surface area contributed by atoms with E-state index in [2.05, 4.69) is 4.72 Å². The Bertz CT molecular complexity index is 607. The van der Waals surface area contributed by atoms with E-state index in [1.807, 2.05) is 0 Å². The monoisotopic (exact) mass is 298 g/mol. The third-order valence-electron chi connectivity index (χ3n) is 3.59. The van der Waals surface area contributed by atoms with Gasteiger partial charge in [0.25, 0.3) is 5.69 Å². The summed E-state index contributed by atoms with van der Waals surface area (Å²) in [5.74, 6) is 0. The smallest absolute Gasteiger partial charge is 0.277 e. The van der Waals surface area contributed by atoms with Gasteiger partial charge in [-0.1, -0.05) is 25.3 Å². The Morgan fingerprint density at radius 3 is 2.50 bits per heavy atom. The quantitative estimate of drug-likeness (QED) is 0.683. The average Bonchev–Trinajstić information content (AvgIpc) is 2.39. The normalized spacial score (nSPS) is 16.9. The summed E-state index contributed by atoms with van der Waals surface area (Å²) >= 11 is 0. The van der Waals surface area contributed by atoms with Gasteiger partial charge in [-0.05, 0) is 31.4 Å². The van der Waals surface area contributed by atoms with Crippen molar-refractivity contribution in [3.63, 3.8) is 0 Å². The Kier molecular flexibility index (Phi) is 4.27. The predicted molar refractivity (Wildman–Crippen MR) is 77.2 cm³/mol. The number of nitrogens with one attached hydrogen (secondary N) is 1. The summed E-state index contributed by atoms with van der Waals surface area (Å²) < 4.78 is 27.0. The molecule has 1 aromatic rings. The number of aryl methyl sites for hydroxylation is 1. The van der Waals surface area contributed by atoms with E-state index >= 15 is 0 Å². The molecule has 1 aliphatic rings. The van der Waals surface area contributed by atoms with Crippen LogP contribution < -0.4 is 4.72 Å². The zero-order chi connectivity index (χ0) is 14.8. The second-order valence-electron chi connectivity index (χ2n) is 5.18. The van der Waals surface area contributed by atoms with Gasteiger partial charge in [0.2, 0.25) is 10.0 Å². The standard InChI is InChI=1S/C13H18N2O4S/c1-10-7-8-13(15(16)17)12(9-10)14-20(18,19)11-5-3-2-4-6-11/h7-9,11,14H,2-6H2,1H3. The van der Waals surface area contributed by atoms with Crippen LogP contribution in [0.3, 0.4) is 0 Å². The van der Waals surface area contributed by atoms with Gasteiger partial charge in [0.1, 0.15) is 5.69 Å². The van der Waals surface area contributed by atoms with Crippen molar-refractivity contribution >= 4 is 21.4 Å². The fourth-order valence-corrected chi connectivity index (χ4v) is 4.09. The molecule has 0 aliphatic heterocycles. The lowest BCUT2D eigenvalue weighted by Crippen LogP contribution is -2.30. The van der Waals surface area contributed by atoms with Crippen LogP contribution in [-0.4, -0.2) is 18.6 Å². The van der Waals surface area contributed by atoms with Gasteiger partial charge in [-0.15, -0.1) is 0 Å². The second kappa shape index (κ2) is 5.78. The molecule has 0 heterocycles. The van der Waals surface area contributed by atoms with Crippen molar-refractivity contribution < 1.29 is 13.3 Å². The van der Waals surface area contributed by atoms with Crippen molar-refractivity contribution in [1.82, 2.24) is 0 Å². The van der Waals surface area contributed by atoms with Crippen molar-refractivity contribution in [1.29, 1.82) is 0 Å². The zero-order valence-corrected chi connectivity index (χ0v) is 12.1. The molecule has 0 bridgehead atoms. The van der Waals surface area contributed by atoms with Gasteiger partial charge in [-0.3, -0.25) is 14.8 Å². The molecule has 6 nitrogen and oxygen atoms in total. The maximum Gasteiger partial charge on any atom is 0.293 e. The number of nitro groups is 1. The Hall–Kier alpha value is -1.63. The van der Waals surface area contributed by atoms with E-state index in [1.165, 1.54) is 12.1 Å². The Morgan fingerprint density at radius 2 is 1.90 bits per heavy atom. The largest absolute Gasteiger partial charge is 0.293 e.